The topological polar surface area (TPSA) is 43.2 Å². The van der Waals surface area contributed by atoms with Crippen molar-refractivity contribution in [3.63, 3.8) is 0 Å². The van der Waals surface area contributed by atoms with Gasteiger partial charge < -0.3 is 4.90 Å². The van der Waals surface area contributed by atoms with Gasteiger partial charge in [0.05, 0.1) is 11.6 Å². The lowest BCUT2D eigenvalue weighted by molar-refractivity contribution is 0.248. The molecule has 1 fully saturated rings. The molecule has 0 N–H and O–H groups in total. The van der Waals surface area contributed by atoms with Crippen molar-refractivity contribution in [2.24, 2.45) is 0 Å². The fourth-order valence-corrected chi connectivity index (χ4v) is 3.00. The number of nitrogens with zero attached hydrogens (tertiary/aromatic N) is 4. The molecule has 2 heterocycles. The summed E-state index contributed by atoms with van der Waals surface area (Å²) in [6.45, 7) is 4.06. The van der Waals surface area contributed by atoms with Crippen molar-refractivity contribution in [2.75, 3.05) is 31.1 Å². The van der Waals surface area contributed by atoms with Crippen molar-refractivity contribution in [1.29, 1.82) is 5.26 Å². The minimum Gasteiger partial charge on any atom is -0.352 e. The smallest absolute Gasteiger partial charge is 0.166 e. The lowest BCUT2D eigenvalue weighted by Gasteiger charge is -2.35. The summed E-state index contributed by atoms with van der Waals surface area (Å²) in [5.41, 5.74) is 1.86. The Labute approximate surface area is 143 Å². The molecule has 0 saturated carbocycles. The molecular formula is C17H16BrFN4. The first-order valence-electron chi connectivity index (χ1n) is 7.43. The first-order chi connectivity index (χ1) is 11.2. The minimum atomic E-state index is -0.292. The Morgan fingerprint density at radius 1 is 1.17 bits per heavy atom. The van der Waals surface area contributed by atoms with E-state index >= 15 is 0 Å². The second kappa shape index (κ2) is 7.07. The van der Waals surface area contributed by atoms with E-state index in [0.29, 0.717) is 15.9 Å². The molecule has 1 aromatic carbocycles. The molecule has 3 rings (SSSR count). The number of hydrogen-bond donors (Lipinski definition) is 0. The Kier molecular flexibility index (Phi) is 4.89. The van der Waals surface area contributed by atoms with Gasteiger partial charge in [0.2, 0.25) is 0 Å². The van der Waals surface area contributed by atoms with Crippen molar-refractivity contribution >= 4 is 21.7 Å². The van der Waals surface area contributed by atoms with E-state index in [9.17, 15) is 4.39 Å². The van der Waals surface area contributed by atoms with Crippen molar-refractivity contribution in [2.45, 2.75) is 6.54 Å². The highest BCUT2D eigenvalue weighted by Crippen LogP contribution is 2.21. The Balaban J connectivity index is 1.58. The van der Waals surface area contributed by atoms with Crippen LogP contribution in [0.2, 0.25) is 0 Å². The van der Waals surface area contributed by atoms with Gasteiger partial charge in [0.15, 0.2) is 11.6 Å². The maximum Gasteiger partial charge on any atom is 0.166 e. The average Bonchev–Trinajstić information content (AvgIpc) is 2.57. The van der Waals surface area contributed by atoms with Gasteiger partial charge >= 0.3 is 0 Å². The van der Waals surface area contributed by atoms with E-state index in [2.05, 4.69) is 31.9 Å². The van der Waals surface area contributed by atoms with Gasteiger partial charge in [-0.1, -0.05) is 12.1 Å². The Morgan fingerprint density at radius 2 is 1.87 bits per heavy atom. The molecule has 0 aliphatic carbocycles. The highest BCUT2D eigenvalue weighted by molar-refractivity contribution is 9.10. The first kappa shape index (κ1) is 15.9. The van der Waals surface area contributed by atoms with E-state index in [0.717, 1.165) is 32.7 Å². The van der Waals surface area contributed by atoms with Crippen LogP contribution in [0.3, 0.4) is 0 Å². The molecule has 1 aliphatic rings. The molecule has 6 heteroatoms. The van der Waals surface area contributed by atoms with Crippen LogP contribution in [0, 0.1) is 17.1 Å². The summed E-state index contributed by atoms with van der Waals surface area (Å²) >= 11 is 3.23. The van der Waals surface area contributed by atoms with Crippen LogP contribution in [0.5, 0.6) is 0 Å². The predicted octanol–water partition coefficient (Wildman–Crippen LogP) is 3.18. The van der Waals surface area contributed by atoms with Crippen molar-refractivity contribution in [3.05, 3.63) is 57.9 Å². The number of benzene rings is 1. The number of pyridine rings is 1. The van der Waals surface area contributed by atoms with Gasteiger partial charge in [0, 0.05) is 43.4 Å². The normalized spacial score (nSPS) is 15.4. The molecule has 2 aromatic rings. The Morgan fingerprint density at radius 3 is 2.48 bits per heavy atom. The standard InChI is InChI=1S/C17H16BrFN4/c18-15-9-16(19)17(21-11-15)23-7-5-22(6-8-23)12-14-3-1-13(10-20)2-4-14/h1-4,9,11H,5-8,12H2. The summed E-state index contributed by atoms with van der Waals surface area (Å²) in [5.74, 6) is 0.131. The van der Waals surface area contributed by atoms with Crippen LogP contribution in [-0.2, 0) is 6.54 Å². The molecule has 0 bridgehead atoms. The maximum absolute atomic E-state index is 14.0. The maximum atomic E-state index is 14.0. The lowest BCUT2D eigenvalue weighted by atomic mass is 10.1. The largest absolute Gasteiger partial charge is 0.352 e. The molecule has 4 nitrogen and oxygen atoms in total. The summed E-state index contributed by atoms with van der Waals surface area (Å²) in [6, 6.07) is 11.2. The molecule has 0 radical (unpaired) electrons. The van der Waals surface area contributed by atoms with Gasteiger partial charge in [-0.3, -0.25) is 4.90 Å². The molecule has 0 atom stereocenters. The van der Waals surface area contributed by atoms with Gasteiger partial charge in [0.1, 0.15) is 0 Å². The molecule has 0 spiro atoms. The number of rotatable bonds is 3. The molecule has 1 aromatic heterocycles. The van der Waals surface area contributed by atoms with E-state index < -0.39 is 0 Å². The Bertz CT molecular complexity index is 718. The second-order valence-electron chi connectivity index (χ2n) is 5.53. The molecule has 23 heavy (non-hydrogen) atoms. The number of aromatic nitrogens is 1. The summed E-state index contributed by atoms with van der Waals surface area (Å²) < 4.78 is 14.6. The molecule has 1 saturated heterocycles. The first-order valence-corrected chi connectivity index (χ1v) is 8.22. The monoisotopic (exact) mass is 374 g/mol. The zero-order valence-corrected chi connectivity index (χ0v) is 14.1. The Hall–Kier alpha value is -1.97. The van der Waals surface area contributed by atoms with E-state index in [-0.39, 0.29) is 5.82 Å². The highest BCUT2D eigenvalue weighted by Gasteiger charge is 2.20. The van der Waals surface area contributed by atoms with Gasteiger partial charge in [-0.15, -0.1) is 0 Å². The van der Waals surface area contributed by atoms with Gasteiger partial charge in [0.25, 0.3) is 0 Å². The quantitative estimate of drug-likeness (QED) is 0.827. The number of nitriles is 1. The number of piperazine rings is 1. The third-order valence-electron chi connectivity index (χ3n) is 3.95. The molecule has 1 aliphatic heterocycles. The van der Waals surface area contributed by atoms with Crippen molar-refractivity contribution in [3.8, 4) is 6.07 Å². The zero-order valence-electron chi connectivity index (χ0n) is 12.5. The van der Waals surface area contributed by atoms with Crippen LogP contribution in [0.1, 0.15) is 11.1 Å². The summed E-state index contributed by atoms with van der Waals surface area (Å²) in [7, 11) is 0. The van der Waals surface area contributed by atoms with Crippen LogP contribution in [0.4, 0.5) is 10.2 Å². The van der Waals surface area contributed by atoms with Crippen LogP contribution in [0.15, 0.2) is 41.0 Å². The van der Waals surface area contributed by atoms with Gasteiger partial charge in [-0.2, -0.15) is 5.26 Å². The third kappa shape index (κ3) is 3.87. The fourth-order valence-electron chi connectivity index (χ4n) is 2.70. The summed E-state index contributed by atoms with van der Waals surface area (Å²) in [5, 5.41) is 8.82. The molecule has 0 amide bonds. The minimum absolute atomic E-state index is 0.292. The van der Waals surface area contributed by atoms with Crippen molar-refractivity contribution in [1.82, 2.24) is 9.88 Å². The van der Waals surface area contributed by atoms with E-state index in [1.807, 2.05) is 29.2 Å². The number of halogens is 2. The number of anilines is 1. The van der Waals surface area contributed by atoms with E-state index in [4.69, 9.17) is 5.26 Å². The third-order valence-corrected chi connectivity index (χ3v) is 4.38. The summed E-state index contributed by atoms with van der Waals surface area (Å²) in [4.78, 5) is 8.50. The van der Waals surface area contributed by atoms with Crippen LogP contribution < -0.4 is 4.90 Å². The zero-order chi connectivity index (χ0) is 16.2. The van der Waals surface area contributed by atoms with Crippen LogP contribution in [0.25, 0.3) is 0 Å². The molecular weight excluding hydrogens is 359 g/mol. The van der Waals surface area contributed by atoms with E-state index in [1.54, 1.807) is 6.20 Å². The fraction of sp³-hybridized carbons (Fsp3) is 0.294. The summed E-state index contributed by atoms with van der Waals surface area (Å²) in [6.07, 6.45) is 1.63. The second-order valence-corrected chi connectivity index (χ2v) is 6.45. The highest BCUT2D eigenvalue weighted by atomic mass is 79.9. The molecule has 0 unspecified atom stereocenters. The van der Waals surface area contributed by atoms with Crippen LogP contribution in [-0.4, -0.2) is 36.1 Å². The van der Waals surface area contributed by atoms with Crippen molar-refractivity contribution < 1.29 is 4.39 Å². The number of hydrogen-bond acceptors (Lipinski definition) is 4. The molecule has 118 valence electrons. The predicted molar refractivity (Wildman–Crippen MR) is 90.5 cm³/mol. The SMILES string of the molecule is N#Cc1ccc(CN2CCN(c3ncc(Br)cc3F)CC2)cc1. The van der Waals surface area contributed by atoms with Gasteiger partial charge in [-0.05, 0) is 39.7 Å². The van der Waals surface area contributed by atoms with E-state index in [1.165, 1.54) is 11.6 Å². The average molecular weight is 375 g/mol. The lowest BCUT2D eigenvalue weighted by Crippen LogP contribution is -2.46. The van der Waals surface area contributed by atoms with Gasteiger partial charge in [-0.25, -0.2) is 9.37 Å². The van der Waals surface area contributed by atoms with Crippen LogP contribution >= 0.6 is 15.9 Å².